The summed E-state index contributed by atoms with van der Waals surface area (Å²) in [6.07, 6.45) is -2.97. The SMILES string of the molecule is Cc1ccc(N2c3cccc(C(=O)Nc4ccc(OCC(C)C)c(C(F)(F)F)c4)c3OCC2CO)nc1. The van der Waals surface area contributed by atoms with E-state index in [-0.39, 0.29) is 48.5 Å². The van der Waals surface area contributed by atoms with Crippen LogP contribution in [0.2, 0.25) is 0 Å². The lowest BCUT2D eigenvalue weighted by Crippen LogP contribution is -2.43. The van der Waals surface area contributed by atoms with Crippen LogP contribution in [0.3, 0.4) is 0 Å². The fourth-order valence-electron chi connectivity index (χ4n) is 3.95. The summed E-state index contributed by atoms with van der Waals surface area (Å²) in [4.78, 5) is 19.4. The number of aryl methyl sites for hydroxylation is 1. The van der Waals surface area contributed by atoms with Crippen molar-refractivity contribution in [3.05, 3.63) is 71.4 Å². The number of amides is 1. The van der Waals surface area contributed by atoms with Crippen molar-refractivity contribution in [2.75, 3.05) is 30.0 Å². The Labute approximate surface area is 212 Å². The fraction of sp³-hybridized carbons (Fsp3) is 0.333. The van der Waals surface area contributed by atoms with Crippen LogP contribution in [-0.4, -0.2) is 41.9 Å². The van der Waals surface area contributed by atoms with Crippen LogP contribution in [0.25, 0.3) is 0 Å². The Morgan fingerprint density at radius 2 is 2.03 bits per heavy atom. The molecule has 1 aliphatic heterocycles. The number of ether oxygens (including phenoxy) is 2. The third kappa shape index (κ3) is 5.80. The van der Waals surface area contributed by atoms with E-state index in [0.717, 1.165) is 11.6 Å². The van der Waals surface area contributed by atoms with E-state index in [1.807, 2.05) is 26.8 Å². The number of nitrogens with one attached hydrogen (secondary N) is 1. The van der Waals surface area contributed by atoms with Gasteiger partial charge >= 0.3 is 6.18 Å². The molecule has 7 nitrogen and oxygen atoms in total. The van der Waals surface area contributed by atoms with Gasteiger partial charge in [0.05, 0.1) is 36.1 Å². The highest BCUT2D eigenvalue weighted by Gasteiger charge is 2.35. The van der Waals surface area contributed by atoms with Gasteiger partial charge in [0, 0.05) is 11.9 Å². The number of rotatable bonds is 7. The number of halogens is 3. The van der Waals surface area contributed by atoms with E-state index in [1.54, 1.807) is 29.3 Å². The summed E-state index contributed by atoms with van der Waals surface area (Å²) in [6.45, 7) is 5.58. The molecular weight excluding hydrogens is 487 g/mol. The number of aliphatic hydroxyl groups is 1. The van der Waals surface area contributed by atoms with Crippen LogP contribution in [0.15, 0.2) is 54.7 Å². The second kappa shape index (κ2) is 10.7. The highest BCUT2D eigenvalue weighted by Crippen LogP contribution is 2.42. The number of aliphatic hydroxyl groups excluding tert-OH is 1. The predicted octanol–water partition coefficient (Wildman–Crippen LogP) is 5.59. The summed E-state index contributed by atoms with van der Waals surface area (Å²) in [6, 6.07) is 11.6. The summed E-state index contributed by atoms with van der Waals surface area (Å²) in [7, 11) is 0. The molecule has 0 radical (unpaired) electrons. The molecular formula is C27H28F3N3O4. The summed E-state index contributed by atoms with van der Waals surface area (Å²) < 4.78 is 52.3. The lowest BCUT2D eigenvalue weighted by Gasteiger charge is -2.37. The Morgan fingerprint density at radius 1 is 1.24 bits per heavy atom. The molecule has 4 rings (SSSR count). The number of carbonyl (C=O) groups excluding carboxylic acids is 1. The molecule has 37 heavy (non-hydrogen) atoms. The molecule has 2 heterocycles. The lowest BCUT2D eigenvalue weighted by atomic mass is 10.1. The van der Waals surface area contributed by atoms with E-state index in [9.17, 15) is 23.1 Å². The molecule has 2 aromatic carbocycles. The molecule has 0 aliphatic carbocycles. The topological polar surface area (TPSA) is 83.9 Å². The minimum absolute atomic E-state index is 0.0343. The Balaban J connectivity index is 1.65. The summed E-state index contributed by atoms with van der Waals surface area (Å²) in [5, 5.41) is 12.5. The van der Waals surface area contributed by atoms with Crippen LogP contribution >= 0.6 is 0 Å². The number of hydrogen-bond acceptors (Lipinski definition) is 6. The van der Waals surface area contributed by atoms with Gasteiger partial charge in [-0.15, -0.1) is 0 Å². The van der Waals surface area contributed by atoms with Gasteiger partial charge < -0.3 is 24.8 Å². The molecule has 1 aliphatic rings. The molecule has 10 heteroatoms. The third-order valence-electron chi connectivity index (χ3n) is 5.75. The number of anilines is 3. The molecule has 1 atom stereocenters. The van der Waals surface area contributed by atoms with Crippen molar-refractivity contribution in [3.63, 3.8) is 0 Å². The molecule has 0 fully saturated rings. The number of pyridine rings is 1. The first-order valence-corrected chi connectivity index (χ1v) is 11.8. The Kier molecular flexibility index (Phi) is 7.58. The minimum atomic E-state index is -4.66. The second-order valence-corrected chi connectivity index (χ2v) is 9.23. The number of benzene rings is 2. The van der Waals surface area contributed by atoms with Crippen LogP contribution in [0, 0.1) is 12.8 Å². The molecule has 0 spiro atoms. The fourth-order valence-corrected chi connectivity index (χ4v) is 3.95. The number of fused-ring (bicyclic) bond motifs is 1. The number of carbonyl (C=O) groups is 1. The molecule has 1 unspecified atom stereocenters. The summed E-state index contributed by atoms with van der Waals surface area (Å²) >= 11 is 0. The van der Waals surface area contributed by atoms with Gasteiger partial charge in [-0.2, -0.15) is 13.2 Å². The Bertz CT molecular complexity index is 1260. The average molecular weight is 516 g/mol. The van der Waals surface area contributed by atoms with Gasteiger partial charge in [0.2, 0.25) is 0 Å². The molecule has 0 saturated carbocycles. The van der Waals surface area contributed by atoms with Gasteiger partial charge in [-0.05, 0) is 54.8 Å². The third-order valence-corrected chi connectivity index (χ3v) is 5.75. The minimum Gasteiger partial charge on any atom is -0.493 e. The zero-order chi connectivity index (χ0) is 26.7. The first-order valence-electron chi connectivity index (χ1n) is 11.8. The molecule has 3 aromatic rings. The molecule has 0 bridgehead atoms. The average Bonchev–Trinajstić information content (AvgIpc) is 2.86. The molecule has 2 N–H and O–H groups in total. The van der Waals surface area contributed by atoms with E-state index in [1.165, 1.54) is 18.2 Å². The van der Waals surface area contributed by atoms with Crippen molar-refractivity contribution in [2.45, 2.75) is 33.0 Å². The summed E-state index contributed by atoms with van der Waals surface area (Å²) in [5.74, 6) is -0.0700. The molecule has 0 saturated heterocycles. The lowest BCUT2D eigenvalue weighted by molar-refractivity contribution is -0.139. The van der Waals surface area contributed by atoms with Crippen LogP contribution < -0.4 is 19.7 Å². The van der Waals surface area contributed by atoms with E-state index < -0.39 is 23.7 Å². The van der Waals surface area contributed by atoms with Crippen LogP contribution in [-0.2, 0) is 6.18 Å². The van der Waals surface area contributed by atoms with Crippen molar-refractivity contribution in [1.82, 2.24) is 4.98 Å². The number of aromatic nitrogens is 1. The van der Waals surface area contributed by atoms with Crippen molar-refractivity contribution in [2.24, 2.45) is 5.92 Å². The van der Waals surface area contributed by atoms with E-state index in [2.05, 4.69) is 10.3 Å². The smallest absolute Gasteiger partial charge is 0.420 e. The summed E-state index contributed by atoms with van der Waals surface area (Å²) in [5.41, 5.74) is 0.611. The number of para-hydroxylation sites is 1. The molecule has 196 valence electrons. The second-order valence-electron chi connectivity index (χ2n) is 9.23. The van der Waals surface area contributed by atoms with Crippen molar-refractivity contribution < 1.29 is 32.5 Å². The maximum absolute atomic E-state index is 13.7. The predicted molar refractivity (Wildman–Crippen MR) is 134 cm³/mol. The van der Waals surface area contributed by atoms with Gasteiger partial charge in [0.15, 0.2) is 5.75 Å². The van der Waals surface area contributed by atoms with Gasteiger partial charge in [0.25, 0.3) is 5.91 Å². The largest absolute Gasteiger partial charge is 0.493 e. The van der Waals surface area contributed by atoms with Gasteiger partial charge in [-0.3, -0.25) is 4.79 Å². The maximum Gasteiger partial charge on any atom is 0.420 e. The van der Waals surface area contributed by atoms with E-state index in [4.69, 9.17) is 9.47 Å². The standard InChI is InChI=1S/C27H28F3N3O4/c1-16(2)14-36-23-9-8-18(11-21(23)27(28,29)30)32-26(35)20-5-4-6-22-25(20)37-15-19(13-34)33(22)24-10-7-17(3)12-31-24/h4-12,16,19,34H,13-15H2,1-3H3,(H,32,35). The van der Waals surface area contributed by atoms with Gasteiger partial charge in [0.1, 0.15) is 18.2 Å². The first kappa shape index (κ1) is 26.3. The zero-order valence-corrected chi connectivity index (χ0v) is 20.7. The van der Waals surface area contributed by atoms with Gasteiger partial charge in [-0.1, -0.05) is 26.0 Å². The normalized spacial score (nSPS) is 15.2. The maximum atomic E-state index is 13.7. The van der Waals surface area contributed by atoms with Crippen molar-refractivity contribution in [1.29, 1.82) is 0 Å². The number of nitrogens with zero attached hydrogens (tertiary/aromatic N) is 2. The molecule has 1 amide bonds. The number of hydrogen-bond donors (Lipinski definition) is 2. The van der Waals surface area contributed by atoms with Crippen LogP contribution in [0.4, 0.5) is 30.4 Å². The van der Waals surface area contributed by atoms with Crippen LogP contribution in [0.1, 0.15) is 35.3 Å². The van der Waals surface area contributed by atoms with E-state index >= 15 is 0 Å². The first-order chi connectivity index (χ1) is 17.6. The van der Waals surface area contributed by atoms with Gasteiger partial charge in [-0.25, -0.2) is 4.98 Å². The number of alkyl halides is 3. The highest BCUT2D eigenvalue weighted by atomic mass is 19.4. The van der Waals surface area contributed by atoms with Crippen molar-refractivity contribution >= 4 is 23.1 Å². The Morgan fingerprint density at radius 3 is 2.68 bits per heavy atom. The molecule has 1 aromatic heterocycles. The highest BCUT2D eigenvalue weighted by molar-refractivity contribution is 6.07. The monoisotopic (exact) mass is 515 g/mol. The van der Waals surface area contributed by atoms with Crippen LogP contribution in [0.5, 0.6) is 11.5 Å². The van der Waals surface area contributed by atoms with E-state index in [0.29, 0.717) is 11.5 Å². The van der Waals surface area contributed by atoms with Crippen molar-refractivity contribution in [3.8, 4) is 11.5 Å². The zero-order valence-electron chi connectivity index (χ0n) is 20.7. The Hall–Kier alpha value is -3.79. The quantitative estimate of drug-likeness (QED) is 0.427.